The third kappa shape index (κ3) is 5.27. The third-order valence-corrected chi connectivity index (χ3v) is 4.97. The average Bonchev–Trinajstić information content (AvgIpc) is 2.89. The number of pyridine rings is 2. The summed E-state index contributed by atoms with van der Waals surface area (Å²) in [5.41, 5.74) is 4.54. The third-order valence-electron chi connectivity index (χ3n) is 4.97. The number of ether oxygens (including phenoxy) is 1. The molecule has 0 atom stereocenters. The first-order valence-electron chi connectivity index (χ1n) is 11.7. The van der Waals surface area contributed by atoms with E-state index in [1.807, 2.05) is 78.9 Å². The van der Waals surface area contributed by atoms with E-state index in [-0.39, 0.29) is 26.6 Å². The fourth-order valence-electron chi connectivity index (χ4n) is 3.40. The van der Waals surface area contributed by atoms with Crippen LogP contribution in [0.3, 0.4) is 0 Å². The molecule has 162 valence electrons. The zero-order valence-electron chi connectivity index (χ0n) is 20.4. The van der Waals surface area contributed by atoms with Crippen molar-refractivity contribution in [2.24, 2.45) is 0 Å². The zero-order chi connectivity index (χ0) is 24.3. The van der Waals surface area contributed by atoms with Gasteiger partial charge >= 0.3 is 21.1 Å². The summed E-state index contributed by atoms with van der Waals surface area (Å²) >= 11 is 0. The molecule has 0 spiro atoms. The number of aryl methyl sites for hydroxylation is 1. The monoisotopic (exact) mass is 610 g/mol. The summed E-state index contributed by atoms with van der Waals surface area (Å²) in [6.45, 7) is -2.34. The first-order chi connectivity index (χ1) is 17.0. The number of rotatable bonds is 5. The van der Waals surface area contributed by atoms with Gasteiger partial charge in [0.2, 0.25) is 5.88 Å². The molecule has 3 nitrogen and oxygen atoms in total. The van der Waals surface area contributed by atoms with Gasteiger partial charge in [-0.3, -0.25) is 4.98 Å². The minimum atomic E-state index is -2.34. The Balaban J connectivity index is 0.00000304. The molecule has 4 heteroatoms. The topological polar surface area (TPSA) is 35.0 Å². The van der Waals surface area contributed by atoms with Gasteiger partial charge in [-0.25, -0.2) is 0 Å². The van der Waals surface area contributed by atoms with Gasteiger partial charge in [-0.05, 0) is 34.6 Å². The molecule has 3 aromatic carbocycles. The van der Waals surface area contributed by atoms with E-state index >= 15 is 0 Å². The minimum absolute atomic E-state index is 0. The second-order valence-electron chi connectivity index (χ2n) is 7.15. The van der Waals surface area contributed by atoms with E-state index < -0.39 is 6.85 Å². The van der Waals surface area contributed by atoms with Crippen molar-refractivity contribution in [3.8, 4) is 45.3 Å². The number of benzene rings is 3. The molecule has 0 aliphatic carbocycles. The molecule has 33 heavy (non-hydrogen) atoms. The maximum atomic E-state index is 8.02. The molecule has 0 aliphatic heterocycles. The summed E-state index contributed by atoms with van der Waals surface area (Å²) < 4.78 is 30.1. The van der Waals surface area contributed by atoms with Crippen LogP contribution in [0.2, 0.25) is 0 Å². The van der Waals surface area contributed by atoms with Crippen LogP contribution in [0.1, 0.15) is 9.68 Å². The van der Waals surface area contributed by atoms with Crippen molar-refractivity contribution in [1.29, 1.82) is 0 Å². The predicted molar refractivity (Wildman–Crippen MR) is 127 cm³/mol. The zero-order valence-corrected chi connectivity index (χ0v) is 19.7. The van der Waals surface area contributed by atoms with Crippen LogP contribution in [-0.4, -0.2) is 9.97 Å². The Bertz CT molecular complexity index is 1460. The molecule has 5 aromatic rings. The van der Waals surface area contributed by atoms with Gasteiger partial charge in [0.05, 0.1) is 0 Å². The van der Waals surface area contributed by atoms with Crippen molar-refractivity contribution in [3.05, 3.63) is 121 Å². The summed E-state index contributed by atoms with van der Waals surface area (Å²) in [6.07, 6.45) is 1.67. The van der Waals surface area contributed by atoms with Gasteiger partial charge in [0.15, 0.2) is 0 Å². The van der Waals surface area contributed by atoms with Crippen LogP contribution in [0.15, 0.2) is 103 Å². The van der Waals surface area contributed by atoms with Crippen LogP contribution >= 0.6 is 0 Å². The van der Waals surface area contributed by atoms with Gasteiger partial charge in [0, 0.05) is 16.1 Å². The molecule has 0 unspecified atom stereocenters. The molecule has 5 rings (SSSR count). The molecule has 2 aromatic heterocycles. The van der Waals surface area contributed by atoms with Gasteiger partial charge in [-0.1, -0.05) is 61.4 Å². The van der Waals surface area contributed by atoms with Crippen molar-refractivity contribution < 1.29 is 29.9 Å². The van der Waals surface area contributed by atoms with Crippen LogP contribution in [-0.2, 0) is 21.1 Å². The first-order valence-corrected chi connectivity index (χ1v) is 10.2. The van der Waals surface area contributed by atoms with Crippen LogP contribution in [0.4, 0.5) is 0 Å². The van der Waals surface area contributed by atoms with E-state index in [2.05, 4.69) is 22.1 Å². The molecule has 0 saturated heterocycles. The fraction of sp³-hybridized carbons (Fsp3) is 0.0345. The predicted octanol–water partition coefficient (Wildman–Crippen LogP) is 7.18. The van der Waals surface area contributed by atoms with Gasteiger partial charge in [-0.15, -0.1) is 59.2 Å². The van der Waals surface area contributed by atoms with Crippen molar-refractivity contribution in [2.45, 2.75) is 6.85 Å². The van der Waals surface area contributed by atoms with Crippen molar-refractivity contribution in [3.63, 3.8) is 0 Å². The van der Waals surface area contributed by atoms with E-state index in [0.29, 0.717) is 22.9 Å². The van der Waals surface area contributed by atoms with Gasteiger partial charge in [0.25, 0.3) is 0 Å². The molecule has 0 aliphatic rings. The number of nitrogens with zero attached hydrogens (tertiary/aromatic N) is 2. The van der Waals surface area contributed by atoms with Crippen LogP contribution in [0.25, 0.3) is 33.6 Å². The van der Waals surface area contributed by atoms with Crippen molar-refractivity contribution in [1.82, 2.24) is 9.97 Å². The molecule has 0 N–H and O–H groups in total. The summed E-state index contributed by atoms with van der Waals surface area (Å²) in [6, 6.07) is 36.1. The van der Waals surface area contributed by atoms with E-state index in [0.717, 1.165) is 22.4 Å². The fourth-order valence-corrected chi connectivity index (χ4v) is 3.40. The van der Waals surface area contributed by atoms with Crippen molar-refractivity contribution in [2.75, 3.05) is 0 Å². The Labute approximate surface area is 212 Å². The van der Waals surface area contributed by atoms with E-state index in [1.165, 1.54) is 0 Å². The minimum Gasteiger partial charge on any atom is -0.460 e. The van der Waals surface area contributed by atoms with Gasteiger partial charge in [-0.2, -0.15) is 0 Å². The summed E-state index contributed by atoms with van der Waals surface area (Å²) in [5, 5.41) is 0. The maximum Gasteiger partial charge on any atom is 2.00 e. The van der Waals surface area contributed by atoms with Gasteiger partial charge in [0.1, 0.15) is 0 Å². The van der Waals surface area contributed by atoms with Crippen molar-refractivity contribution >= 4 is 0 Å². The standard InChI is InChI=1S/C29H20N2O.Pt/c1-21-15-16-25(32-29-14-8-13-27(31-29)23-11-6-3-7-12-23)20-26(21)28-19-24(17-18-30-28)22-9-4-2-5-10-22;/h2-11,13-19H,1H3;/q-2;+2/i1D3;. The molecular formula is C29H20N2OPt. The van der Waals surface area contributed by atoms with E-state index in [9.17, 15) is 0 Å². The number of hydrogen-bond acceptors (Lipinski definition) is 3. The van der Waals surface area contributed by atoms with Crippen LogP contribution < -0.4 is 4.74 Å². The molecular weight excluding hydrogens is 587 g/mol. The summed E-state index contributed by atoms with van der Waals surface area (Å²) in [4.78, 5) is 9.02. The Morgan fingerprint density at radius 2 is 1.70 bits per heavy atom. The van der Waals surface area contributed by atoms with E-state index in [4.69, 9.17) is 8.85 Å². The molecule has 2 heterocycles. The number of aromatic nitrogens is 2. The maximum absolute atomic E-state index is 8.02. The summed E-state index contributed by atoms with van der Waals surface area (Å²) in [7, 11) is 0. The average molecular weight is 611 g/mol. The van der Waals surface area contributed by atoms with Crippen LogP contribution in [0, 0.1) is 19.0 Å². The first kappa shape index (κ1) is 19.0. The Morgan fingerprint density at radius 3 is 2.52 bits per heavy atom. The SMILES string of the molecule is [2H]C([2H])([2H])c1ccc(Oc2cccc(-c3[c-]cccc3)n2)[c-]c1-c1cc(-c2ccccc2)ccn1.[Pt+2]. The number of hydrogen-bond donors (Lipinski definition) is 0. The Kier molecular flexibility index (Phi) is 5.96. The smallest absolute Gasteiger partial charge is 0.460 e. The molecule has 0 fully saturated rings. The second-order valence-corrected chi connectivity index (χ2v) is 7.15. The molecule has 0 saturated carbocycles. The van der Waals surface area contributed by atoms with E-state index in [1.54, 1.807) is 24.4 Å². The normalized spacial score (nSPS) is 12.1. The van der Waals surface area contributed by atoms with Gasteiger partial charge < -0.3 is 9.72 Å². The largest absolute Gasteiger partial charge is 2.00 e. The second kappa shape index (κ2) is 10.4. The van der Waals surface area contributed by atoms with Crippen LogP contribution in [0.5, 0.6) is 11.6 Å². The molecule has 0 radical (unpaired) electrons. The molecule has 0 amide bonds. The summed E-state index contributed by atoms with van der Waals surface area (Å²) in [5.74, 6) is 0.719. The quantitative estimate of drug-likeness (QED) is 0.198. The Morgan fingerprint density at radius 1 is 0.818 bits per heavy atom. The Hall–Kier alpha value is -3.55. The molecule has 0 bridgehead atoms.